The fourth-order valence-corrected chi connectivity index (χ4v) is 4.77. The van der Waals surface area contributed by atoms with Crippen LogP contribution in [-0.4, -0.2) is 53.4 Å². The van der Waals surface area contributed by atoms with Crippen molar-refractivity contribution in [2.75, 3.05) is 19.7 Å². The first-order valence-electron chi connectivity index (χ1n) is 11.4. The van der Waals surface area contributed by atoms with Crippen molar-refractivity contribution in [2.24, 2.45) is 5.92 Å². The van der Waals surface area contributed by atoms with E-state index in [9.17, 15) is 14.4 Å². The number of carbonyl (C=O) groups excluding carboxylic acids is 3. The predicted molar refractivity (Wildman–Crippen MR) is 114 cm³/mol. The van der Waals surface area contributed by atoms with Crippen molar-refractivity contribution in [3.63, 3.8) is 0 Å². The van der Waals surface area contributed by atoms with Crippen molar-refractivity contribution in [1.82, 2.24) is 15.2 Å². The van der Waals surface area contributed by atoms with Crippen molar-refractivity contribution in [1.29, 1.82) is 0 Å². The number of nitrogens with one attached hydrogen (secondary N) is 2. The van der Waals surface area contributed by atoms with E-state index in [1.807, 2.05) is 4.90 Å². The largest absolute Gasteiger partial charge is 0.462 e. The lowest BCUT2D eigenvalue weighted by atomic mass is 9.91. The van der Waals surface area contributed by atoms with Gasteiger partial charge in [-0.05, 0) is 57.9 Å². The van der Waals surface area contributed by atoms with E-state index < -0.39 is 5.97 Å². The Hall–Kier alpha value is -2.31. The first-order valence-corrected chi connectivity index (χ1v) is 11.4. The Bertz CT molecular complexity index is 772. The first kappa shape index (κ1) is 22.4. The number of aromatic amines is 1. The van der Waals surface area contributed by atoms with Crippen LogP contribution in [0, 0.1) is 19.8 Å². The van der Waals surface area contributed by atoms with Gasteiger partial charge in [0, 0.05) is 31.2 Å². The molecule has 2 amide bonds. The zero-order chi connectivity index (χ0) is 21.7. The molecule has 0 atom stereocenters. The Morgan fingerprint density at radius 1 is 1.07 bits per heavy atom. The van der Waals surface area contributed by atoms with E-state index in [2.05, 4.69) is 10.3 Å². The van der Waals surface area contributed by atoms with Gasteiger partial charge in [0.1, 0.15) is 5.69 Å². The van der Waals surface area contributed by atoms with Gasteiger partial charge in [-0.1, -0.05) is 19.3 Å². The third-order valence-corrected chi connectivity index (χ3v) is 6.48. The molecule has 1 aliphatic carbocycles. The maximum atomic E-state index is 13.0. The number of amides is 2. The van der Waals surface area contributed by atoms with Gasteiger partial charge in [0.25, 0.3) is 5.91 Å². The average molecular weight is 418 g/mol. The zero-order valence-corrected chi connectivity index (χ0v) is 18.5. The Kier molecular flexibility index (Phi) is 7.56. The molecule has 0 bridgehead atoms. The molecule has 166 valence electrons. The number of piperidine rings is 1. The minimum atomic E-state index is -0.398. The SMILES string of the molecule is CCOC(=O)c1c(C)[nH]c(C(=O)N2CCC(CC(=O)NC3CCCCC3)CC2)c1C. The second-order valence-corrected chi connectivity index (χ2v) is 8.69. The molecule has 1 saturated carbocycles. The number of esters is 1. The van der Waals surface area contributed by atoms with Crippen LogP contribution in [0.3, 0.4) is 0 Å². The van der Waals surface area contributed by atoms with Gasteiger partial charge in [-0.2, -0.15) is 0 Å². The normalized spacial score (nSPS) is 18.3. The first-order chi connectivity index (χ1) is 14.4. The molecular weight excluding hydrogens is 382 g/mol. The highest BCUT2D eigenvalue weighted by atomic mass is 16.5. The number of nitrogens with zero attached hydrogens (tertiary/aromatic N) is 1. The molecule has 0 aromatic carbocycles. The van der Waals surface area contributed by atoms with Gasteiger partial charge in [-0.15, -0.1) is 0 Å². The lowest BCUT2D eigenvalue weighted by molar-refractivity contribution is -0.123. The van der Waals surface area contributed by atoms with Crippen molar-refractivity contribution in [3.8, 4) is 0 Å². The second kappa shape index (κ2) is 10.1. The molecule has 30 heavy (non-hydrogen) atoms. The highest BCUT2D eigenvalue weighted by Gasteiger charge is 2.29. The quantitative estimate of drug-likeness (QED) is 0.693. The molecule has 3 rings (SSSR count). The smallest absolute Gasteiger partial charge is 0.340 e. The van der Waals surface area contributed by atoms with E-state index in [0.29, 0.717) is 60.6 Å². The Labute approximate surface area is 178 Å². The molecule has 2 aliphatic rings. The van der Waals surface area contributed by atoms with Crippen LogP contribution in [-0.2, 0) is 9.53 Å². The molecule has 0 radical (unpaired) electrons. The summed E-state index contributed by atoms with van der Waals surface area (Å²) >= 11 is 0. The van der Waals surface area contributed by atoms with Crippen LogP contribution >= 0.6 is 0 Å². The van der Waals surface area contributed by atoms with Crippen molar-refractivity contribution in [2.45, 2.75) is 78.2 Å². The third-order valence-electron chi connectivity index (χ3n) is 6.48. The third kappa shape index (κ3) is 5.24. The highest BCUT2D eigenvalue weighted by molar-refractivity contribution is 6.00. The number of carbonyl (C=O) groups is 3. The number of aryl methyl sites for hydroxylation is 1. The molecule has 1 saturated heterocycles. The monoisotopic (exact) mass is 417 g/mol. The maximum Gasteiger partial charge on any atom is 0.340 e. The van der Waals surface area contributed by atoms with Gasteiger partial charge in [0.2, 0.25) is 5.91 Å². The Balaban J connectivity index is 1.52. The van der Waals surface area contributed by atoms with Crippen LogP contribution < -0.4 is 5.32 Å². The molecular formula is C23H35N3O4. The molecule has 7 nitrogen and oxygen atoms in total. The van der Waals surface area contributed by atoms with Crippen molar-refractivity contribution >= 4 is 17.8 Å². The molecule has 2 fully saturated rings. The lowest BCUT2D eigenvalue weighted by Crippen LogP contribution is -2.41. The molecule has 7 heteroatoms. The summed E-state index contributed by atoms with van der Waals surface area (Å²) < 4.78 is 5.11. The summed E-state index contributed by atoms with van der Waals surface area (Å²) in [6.45, 7) is 6.90. The topological polar surface area (TPSA) is 91.5 Å². The predicted octanol–water partition coefficient (Wildman–Crippen LogP) is 3.50. The molecule has 0 spiro atoms. The van der Waals surface area contributed by atoms with Crippen LogP contribution in [0.5, 0.6) is 0 Å². The van der Waals surface area contributed by atoms with Crippen LogP contribution in [0.15, 0.2) is 0 Å². The van der Waals surface area contributed by atoms with E-state index in [1.54, 1.807) is 20.8 Å². The highest BCUT2D eigenvalue weighted by Crippen LogP contribution is 2.25. The van der Waals surface area contributed by atoms with Crippen molar-refractivity contribution < 1.29 is 19.1 Å². The number of ether oxygens (including phenoxy) is 1. The van der Waals surface area contributed by atoms with Gasteiger partial charge in [0.15, 0.2) is 0 Å². The van der Waals surface area contributed by atoms with E-state index in [4.69, 9.17) is 4.74 Å². The number of rotatable bonds is 6. The van der Waals surface area contributed by atoms with Gasteiger partial charge < -0.3 is 19.9 Å². The summed E-state index contributed by atoms with van der Waals surface area (Å²) in [5.74, 6) is -0.0115. The minimum Gasteiger partial charge on any atom is -0.462 e. The van der Waals surface area contributed by atoms with E-state index in [-0.39, 0.29) is 11.8 Å². The van der Waals surface area contributed by atoms with Crippen LogP contribution in [0.1, 0.15) is 90.4 Å². The molecule has 1 aromatic rings. The lowest BCUT2D eigenvalue weighted by Gasteiger charge is -2.32. The summed E-state index contributed by atoms with van der Waals surface area (Å²) in [6, 6.07) is 0.348. The molecule has 1 aliphatic heterocycles. The van der Waals surface area contributed by atoms with Gasteiger partial charge >= 0.3 is 5.97 Å². The van der Waals surface area contributed by atoms with Crippen LogP contribution in [0.4, 0.5) is 0 Å². The number of hydrogen-bond donors (Lipinski definition) is 2. The van der Waals surface area contributed by atoms with Crippen LogP contribution in [0.2, 0.25) is 0 Å². The Morgan fingerprint density at radius 3 is 2.37 bits per heavy atom. The summed E-state index contributed by atoms with van der Waals surface area (Å²) in [7, 11) is 0. The van der Waals surface area contributed by atoms with Crippen LogP contribution in [0.25, 0.3) is 0 Å². The summed E-state index contributed by atoms with van der Waals surface area (Å²) in [5.41, 5.74) is 2.21. The number of hydrogen-bond acceptors (Lipinski definition) is 4. The molecule has 2 N–H and O–H groups in total. The van der Waals surface area contributed by atoms with Gasteiger partial charge in [0.05, 0.1) is 12.2 Å². The standard InChI is InChI=1S/C23H35N3O4/c1-4-30-23(29)20-15(2)21(24-16(20)3)22(28)26-12-10-17(11-13-26)14-19(27)25-18-8-6-5-7-9-18/h17-18,24H,4-14H2,1-3H3,(H,25,27). The average Bonchev–Trinajstić information content (AvgIpc) is 3.03. The van der Waals surface area contributed by atoms with E-state index in [0.717, 1.165) is 25.7 Å². The van der Waals surface area contributed by atoms with Gasteiger partial charge in [-0.3, -0.25) is 9.59 Å². The fourth-order valence-electron chi connectivity index (χ4n) is 4.77. The summed E-state index contributed by atoms with van der Waals surface area (Å²) in [4.78, 5) is 42.5. The van der Waals surface area contributed by atoms with E-state index >= 15 is 0 Å². The van der Waals surface area contributed by atoms with Gasteiger partial charge in [-0.25, -0.2) is 4.79 Å². The zero-order valence-electron chi connectivity index (χ0n) is 18.5. The second-order valence-electron chi connectivity index (χ2n) is 8.69. The van der Waals surface area contributed by atoms with Crippen molar-refractivity contribution in [3.05, 3.63) is 22.5 Å². The maximum absolute atomic E-state index is 13.0. The summed E-state index contributed by atoms with van der Waals surface area (Å²) in [5, 5.41) is 3.20. The number of likely N-dealkylation sites (tertiary alicyclic amines) is 1. The molecule has 0 unspecified atom stereocenters. The molecule has 2 heterocycles. The molecule has 1 aromatic heterocycles. The summed E-state index contributed by atoms with van der Waals surface area (Å²) in [6.07, 6.45) is 8.09. The van der Waals surface area contributed by atoms with E-state index in [1.165, 1.54) is 19.3 Å². The minimum absolute atomic E-state index is 0.0868. The number of aromatic nitrogens is 1. The number of H-pyrrole nitrogens is 1. The Morgan fingerprint density at radius 2 is 1.73 bits per heavy atom. The fraction of sp³-hybridized carbons (Fsp3) is 0.696.